The third-order valence-corrected chi connectivity index (χ3v) is 3.62. The minimum Gasteiger partial charge on any atom is -0.374 e. The second kappa shape index (κ2) is 8.13. The summed E-state index contributed by atoms with van der Waals surface area (Å²) in [5, 5.41) is 14.5. The van der Waals surface area contributed by atoms with E-state index in [0.29, 0.717) is 24.4 Å². The SMILES string of the molecule is CCNC(=O)N1C(=O)NC(C)=C(C#N)C1COCc1ccccc1. The smallest absolute Gasteiger partial charge is 0.330 e. The molecule has 1 aromatic rings. The number of nitriles is 1. The van der Waals surface area contributed by atoms with Crippen molar-refractivity contribution >= 4 is 12.1 Å². The van der Waals surface area contributed by atoms with E-state index in [-0.39, 0.29) is 6.61 Å². The molecule has 0 saturated heterocycles. The van der Waals surface area contributed by atoms with E-state index in [0.717, 1.165) is 10.5 Å². The fraction of sp³-hybridized carbons (Fsp3) is 0.353. The van der Waals surface area contributed by atoms with Gasteiger partial charge in [0.1, 0.15) is 6.04 Å². The summed E-state index contributed by atoms with van der Waals surface area (Å²) in [5.41, 5.74) is 1.73. The molecule has 1 unspecified atom stereocenters. The van der Waals surface area contributed by atoms with Crippen LogP contribution in [0.4, 0.5) is 9.59 Å². The summed E-state index contributed by atoms with van der Waals surface area (Å²) in [6.07, 6.45) is 0. The average molecular weight is 328 g/mol. The summed E-state index contributed by atoms with van der Waals surface area (Å²) in [7, 11) is 0. The van der Waals surface area contributed by atoms with Gasteiger partial charge in [0.25, 0.3) is 0 Å². The highest BCUT2D eigenvalue weighted by Crippen LogP contribution is 2.20. The Morgan fingerprint density at radius 2 is 2.12 bits per heavy atom. The molecule has 2 rings (SSSR count). The number of imide groups is 1. The van der Waals surface area contributed by atoms with E-state index in [2.05, 4.69) is 16.7 Å². The number of nitrogens with one attached hydrogen (secondary N) is 2. The first kappa shape index (κ1) is 17.5. The maximum atomic E-state index is 12.2. The number of amides is 4. The van der Waals surface area contributed by atoms with Crippen LogP contribution in [0.1, 0.15) is 19.4 Å². The quantitative estimate of drug-likeness (QED) is 0.865. The van der Waals surface area contributed by atoms with Crippen LogP contribution in [-0.4, -0.2) is 36.2 Å². The topological polar surface area (TPSA) is 94.5 Å². The minimum absolute atomic E-state index is 0.0552. The molecule has 7 nitrogen and oxygen atoms in total. The molecule has 2 N–H and O–H groups in total. The van der Waals surface area contributed by atoms with E-state index < -0.39 is 18.1 Å². The van der Waals surface area contributed by atoms with E-state index in [1.807, 2.05) is 30.3 Å². The summed E-state index contributed by atoms with van der Waals surface area (Å²) < 4.78 is 5.66. The minimum atomic E-state index is -0.751. The van der Waals surface area contributed by atoms with Crippen LogP contribution in [0.2, 0.25) is 0 Å². The summed E-state index contributed by atoms with van der Waals surface area (Å²) in [5.74, 6) is 0. The summed E-state index contributed by atoms with van der Waals surface area (Å²) in [6.45, 7) is 4.16. The lowest BCUT2D eigenvalue weighted by Gasteiger charge is -2.34. The number of hydrogen-bond acceptors (Lipinski definition) is 4. The highest BCUT2D eigenvalue weighted by molar-refractivity contribution is 5.96. The van der Waals surface area contributed by atoms with Crippen LogP contribution in [0, 0.1) is 11.3 Å². The molecule has 4 amide bonds. The third-order valence-electron chi connectivity index (χ3n) is 3.62. The van der Waals surface area contributed by atoms with Crippen molar-refractivity contribution in [3.8, 4) is 6.07 Å². The molecule has 0 fully saturated rings. The van der Waals surface area contributed by atoms with Gasteiger partial charge < -0.3 is 15.4 Å². The van der Waals surface area contributed by atoms with E-state index in [4.69, 9.17) is 4.74 Å². The van der Waals surface area contributed by atoms with E-state index >= 15 is 0 Å². The standard InChI is InChI=1S/C17H20N4O3/c1-3-19-16(22)21-15(14(9-18)12(2)20-17(21)23)11-24-10-13-7-5-4-6-8-13/h4-8,15H,3,10-11H2,1-2H3,(H,19,22)(H,20,23). The number of carbonyl (C=O) groups excluding carboxylic acids is 2. The molecule has 0 radical (unpaired) electrons. The van der Waals surface area contributed by atoms with Gasteiger partial charge in [-0.1, -0.05) is 30.3 Å². The van der Waals surface area contributed by atoms with E-state index in [9.17, 15) is 14.9 Å². The molecule has 0 aliphatic carbocycles. The van der Waals surface area contributed by atoms with Gasteiger partial charge >= 0.3 is 12.1 Å². The van der Waals surface area contributed by atoms with Gasteiger partial charge in [0.15, 0.2) is 0 Å². The van der Waals surface area contributed by atoms with Crippen LogP contribution in [-0.2, 0) is 11.3 Å². The number of urea groups is 2. The predicted octanol–water partition coefficient (Wildman–Crippen LogP) is 2.12. The fourth-order valence-corrected chi connectivity index (χ4v) is 2.46. The molecule has 1 aliphatic rings. The molecule has 1 atom stereocenters. The Morgan fingerprint density at radius 1 is 1.42 bits per heavy atom. The van der Waals surface area contributed by atoms with Gasteiger partial charge in [-0.05, 0) is 19.4 Å². The van der Waals surface area contributed by atoms with Crippen molar-refractivity contribution in [2.45, 2.75) is 26.5 Å². The van der Waals surface area contributed by atoms with Gasteiger partial charge in [-0.3, -0.25) is 0 Å². The molecular weight excluding hydrogens is 308 g/mol. The number of hydrogen-bond donors (Lipinski definition) is 2. The second-order valence-corrected chi connectivity index (χ2v) is 5.30. The van der Waals surface area contributed by atoms with Crippen molar-refractivity contribution in [2.24, 2.45) is 0 Å². The van der Waals surface area contributed by atoms with Crippen molar-refractivity contribution in [2.75, 3.05) is 13.2 Å². The fourth-order valence-electron chi connectivity index (χ4n) is 2.46. The molecule has 0 aromatic heterocycles. The average Bonchev–Trinajstić information content (AvgIpc) is 2.56. The van der Waals surface area contributed by atoms with Gasteiger partial charge in [-0.15, -0.1) is 0 Å². The predicted molar refractivity (Wildman–Crippen MR) is 87.6 cm³/mol. The molecule has 1 aliphatic heterocycles. The van der Waals surface area contributed by atoms with Crippen LogP contribution < -0.4 is 10.6 Å². The van der Waals surface area contributed by atoms with Crippen LogP contribution in [0.15, 0.2) is 41.6 Å². The van der Waals surface area contributed by atoms with Crippen LogP contribution in [0.3, 0.4) is 0 Å². The Balaban J connectivity index is 2.15. The van der Waals surface area contributed by atoms with Gasteiger partial charge in [0.2, 0.25) is 0 Å². The molecule has 0 spiro atoms. The van der Waals surface area contributed by atoms with Crippen molar-refractivity contribution in [3.63, 3.8) is 0 Å². The van der Waals surface area contributed by atoms with Crippen molar-refractivity contribution in [1.82, 2.24) is 15.5 Å². The first-order valence-corrected chi connectivity index (χ1v) is 7.69. The lowest BCUT2D eigenvalue weighted by Crippen LogP contribution is -2.58. The molecule has 0 saturated carbocycles. The first-order chi connectivity index (χ1) is 11.6. The maximum absolute atomic E-state index is 12.2. The number of rotatable bonds is 5. The van der Waals surface area contributed by atoms with Crippen LogP contribution >= 0.6 is 0 Å². The Labute approximate surface area is 140 Å². The monoisotopic (exact) mass is 328 g/mol. The van der Waals surface area contributed by atoms with Crippen LogP contribution in [0.25, 0.3) is 0 Å². The van der Waals surface area contributed by atoms with Gasteiger partial charge in [-0.25, -0.2) is 14.5 Å². The zero-order valence-electron chi connectivity index (χ0n) is 13.7. The number of allylic oxidation sites excluding steroid dienone is 1. The molecule has 1 aromatic carbocycles. The maximum Gasteiger partial charge on any atom is 0.330 e. The largest absolute Gasteiger partial charge is 0.374 e. The zero-order valence-corrected chi connectivity index (χ0v) is 13.7. The van der Waals surface area contributed by atoms with Crippen molar-refractivity contribution in [3.05, 3.63) is 47.2 Å². The van der Waals surface area contributed by atoms with Crippen LogP contribution in [0.5, 0.6) is 0 Å². The lowest BCUT2D eigenvalue weighted by molar-refractivity contribution is 0.0798. The summed E-state index contributed by atoms with van der Waals surface area (Å²) in [4.78, 5) is 25.4. The summed E-state index contributed by atoms with van der Waals surface area (Å²) >= 11 is 0. The number of benzene rings is 1. The Hall–Kier alpha value is -2.85. The molecule has 7 heteroatoms. The first-order valence-electron chi connectivity index (χ1n) is 7.69. The van der Waals surface area contributed by atoms with Gasteiger partial charge in [0, 0.05) is 12.2 Å². The normalized spacial score (nSPS) is 17.3. The number of carbonyl (C=O) groups is 2. The zero-order chi connectivity index (χ0) is 17.5. The third kappa shape index (κ3) is 3.91. The molecule has 126 valence electrons. The van der Waals surface area contributed by atoms with Gasteiger partial charge in [0.05, 0.1) is 24.9 Å². The molecule has 0 bridgehead atoms. The molecular formula is C17H20N4O3. The van der Waals surface area contributed by atoms with E-state index in [1.54, 1.807) is 13.8 Å². The van der Waals surface area contributed by atoms with Crippen molar-refractivity contribution in [1.29, 1.82) is 5.26 Å². The number of ether oxygens (including phenoxy) is 1. The number of nitrogens with zero attached hydrogens (tertiary/aromatic N) is 2. The molecule has 1 heterocycles. The highest BCUT2D eigenvalue weighted by Gasteiger charge is 2.37. The Bertz CT molecular complexity index is 679. The van der Waals surface area contributed by atoms with Crippen molar-refractivity contribution < 1.29 is 14.3 Å². The van der Waals surface area contributed by atoms with E-state index in [1.165, 1.54) is 0 Å². The Morgan fingerprint density at radius 3 is 2.75 bits per heavy atom. The highest BCUT2D eigenvalue weighted by atomic mass is 16.5. The Kier molecular flexibility index (Phi) is 5.93. The lowest BCUT2D eigenvalue weighted by atomic mass is 10.0. The van der Waals surface area contributed by atoms with Gasteiger partial charge in [-0.2, -0.15) is 5.26 Å². The summed E-state index contributed by atoms with van der Waals surface area (Å²) in [6, 6.07) is 9.74. The molecule has 24 heavy (non-hydrogen) atoms. The second-order valence-electron chi connectivity index (χ2n) is 5.30.